The number of sulfonamides is 1. The van der Waals surface area contributed by atoms with Gasteiger partial charge in [0.25, 0.3) is 0 Å². The van der Waals surface area contributed by atoms with E-state index in [1.54, 1.807) is 16.4 Å². The fourth-order valence-electron chi connectivity index (χ4n) is 2.57. The number of benzene rings is 1. The quantitative estimate of drug-likeness (QED) is 0.769. The second-order valence-corrected chi connectivity index (χ2v) is 6.82. The molecule has 3 nitrogen and oxygen atoms in total. The van der Waals surface area contributed by atoms with E-state index in [4.69, 9.17) is 0 Å². The molecule has 1 aromatic carbocycles. The molecule has 3 atom stereocenters. The molecule has 1 heterocycles. The van der Waals surface area contributed by atoms with Crippen LogP contribution in [0.1, 0.15) is 38.7 Å². The average molecular weight is 267 g/mol. The largest absolute Gasteiger partial charge is 0.243 e. The second-order valence-electron chi connectivity index (χ2n) is 4.98. The fourth-order valence-corrected chi connectivity index (χ4v) is 4.48. The highest BCUT2D eigenvalue weighted by Gasteiger charge is 2.53. The van der Waals surface area contributed by atoms with Gasteiger partial charge >= 0.3 is 0 Å². The molecule has 1 aliphatic heterocycles. The summed E-state index contributed by atoms with van der Waals surface area (Å²) in [5, 5.41) is 0. The monoisotopic (exact) mass is 267 g/mol. The Morgan fingerprint density at radius 3 is 2.22 bits per heavy atom. The minimum atomic E-state index is -3.28. The van der Waals surface area contributed by atoms with Crippen molar-refractivity contribution in [2.45, 2.75) is 57.0 Å². The van der Waals surface area contributed by atoms with Crippen molar-refractivity contribution in [2.75, 3.05) is 0 Å². The summed E-state index contributed by atoms with van der Waals surface area (Å²) in [6.07, 6.45) is 2.89. The Hall–Kier alpha value is -0.870. The third-order valence-electron chi connectivity index (χ3n) is 3.61. The first-order valence-corrected chi connectivity index (χ1v) is 8.06. The zero-order valence-electron chi connectivity index (χ0n) is 11.3. The molecule has 1 aromatic rings. The first-order chi connectivity index (χ1) is 8.52. The number of rotatable bonds is 5. The van der Waals surface area contributed by atoms with Crippen molar-refractivity contribution in [3.05, 3.63) is 29.8 Å². The zero-order chi connectivity index (χ0) is 13.3. The van der Waals surface area contributed by atoms with Gasteiger partial charge in [-0.3, -0.25) is 0 Å². The van der Waals surface area contributed by atoms with Crippen molar-refractivity contribution < 1.29 is 8.42 Å². The third-order valence-corrected chi connectivity index (χ3v) is 5.57. The SMILES string of the molecule is CCC[C@@H]1[C@H](CC)N1S(=O)(=O)c1ccc(C)cc1. The van der Waals surface area contributed by atoms with Crippen molar-refractivity contribution in [2.24, 2.45) is 0 Å². The summed E-state index contributed by atoms with van der Waals surface area (Å²) < 4.78 is 26.7. The molecule has 0 bridgehead atoms. The van der Waals surface area contributed by atoms with Gasteiger partial charge in [-0.05, 0) is 31.9 Å². The van der Waals surface area contributed by atoms with E-state index in [2.05, 4.69) is 13.8 Å². The van der Waals surface area contributed by atoms with Gasteiger partial charge in [-0.15, -0.1) is 0 Å². The molecule has 0 amide bonds. The minimum absolute atomic E-state index is 0.205. The van der Waals surface area contributed by atoms with Gasteiger partial charge in [0.1, 0.15) is 0 Å². The van der Waals surface area contributed by atoms with Gasteiger partial charge < -0.3 is 0 Å². The lowest BCUT2D eigenvalue weighted by Crippen LogP contribution is -2.15. The van der Waals surface area contributed by atoms with Crippen LogP contribution in [0.4, 0.5) is 0 Å². The molecular weight excluding hydrogens is 246 g/mol. The normalized spacial score (nSPS) is 27.2. The Morgan fingerprint density at radius 1 is 1.11 bits per heavy atom. The van der Waals surface area contributed by atoms with Crippen molar-refractivity contribution in [1.82, 2.24) is 4.31 Å². The van der Waals surface area contributed by atoms with Gasteiger partial charge in [-0.2, -0.15) is 4.31 Å². The van der Waals surface area contributed by atoms with Crippen LogP contribution >= 0.6 is 0 Å². The van der Waals surface area contributed by atoms with Crippen LogP contribution in [0.3, 0.4) is 0 Å². The summed E-state index contributed by atoms with van der Waals surface area (Å²) in [7, 11) is -3.28. The van der Waals surface area contributed by atoms with Crippen LogP contribution in [-0.2, 0) is 10.0 Å². The van der Waals surface area contributed by atoms with Crippen LogP contribution in [0.25, 0.3) is 0 Å². The van der Waals surface area contributed by atoms with Gasteiger partial charge in [-0.1, -0.05) is 38.0 Å². The Kier molecular flexibility index (Phi) is 3.78. The van der Waals surface area contributed by atoms with E-state index in [9.17, 15) is 8.42 Å². The van der Waals surface area contributed by atoms with Gasteiger partial charge in [0.05, 0.1) is 4.90 Å². The molecule has 0 aliphatic carbocycles. The van der Waals surface area contributed by atoms with Crippen LogP contribution in [0.5, 0.6) is 0 Å². The van der Waals surface area contributed by atoms with Crippen molar-refractivity contribution in [3.63, 3.8) is 0 Å². The van der Waals surface area contributed by atoms with Gasteiger partial charge in [0.15, 0.2) is 0 Å². The van der Waals surface area contributed by atoms with E-state index in [-0.39, 0.29) is 12.1 Å². The number of hydrogen-bond donors (Lipinski definition) is 0. The molecule has 1 fully saturated rings. The summed E-state index contributed by atoms with van der Waals surface area (Å²) >= 11 is 0. The molecule has 0 aromatic heterocycles. The smallest absolute Gasteiger partial charge is 0.207 e. The summed E-state index contributed by atoms with van der Waals surface area (Å²) in [5.41, 5.74) is 1.08. The lowest BCUT2D eigenvalue weighted by atomic mass is 10.2. The topological polar surface area (TPSA) is 37.1 Å². The number of nitrogens with zero attached hydrogens (tertiary/aromatic N) is 1. The Morgan fingerprint density at radius 2 is 1.72 bits per heavy atom. The van der Waals surface area contributed by atoms with Gasteiger partial charge in [-0.25, -0.2) is 8.42 Å². The minimum Gasteiger partial charge on any atom is -0.207 e. The molecule has 4 heteroatoms. The van der Waals surface area contributed by atoms with E-state index < -0.39 is 10.0 Å². The standard InChI is InChI=1S/C14H21NO2S/c1-4-6-14-13(5-2)15(14)18(16,17)12-9-7-11(3)8-10-12/h7-10,13-14H,4-6H2,1-3H3/t13-,14+,15?/m0/s1. The molecule has 100 valence electrons. The summed E-state index contributed by atoms with van der Waals surface area (Å²) in [4.78, 5) is 0.421. The molecule has 18 heavy (non-hydrogen) atoms. The van der Waals surface area contributed by atoms with E-state index in [0.29, 0.717) is 4.90 Å². The molecular formula is C14H21NO2S. The Balaban J connectivity index is 2.24. The molecule has 0 saturated carbocycles. The second kappa shape index (κ2) is 5.02. The lowest BCUT2D eigenvalue weighted by molar-refractivity contribution is 0.538. The first-order valence-electron chi connectivity index (χ1n) is 6.62. The molecule has 1 unspecified atom stereocenters. The number of aryl methyl sites for hydroxylation is 1. The van der Waals surface area contributed by atoms with Gasteiger partial charge in [0.2, 0.25) is 10.0 Å². The number of hydrogen-bond acceptors (Lipinski definition) is 2. The Bertz CT molecular complexity index is 507. The maximum Gasteiger partial charge on any atom is 0.243 e. The Labute approximate surface area is 110 Å². The molecule has 2 rings (SSSR count). The van der Waals surface area contributed by atoms with Crippen LogP contribution in [-0.4, -0.2) is 24.8 Å². The van der Waals surface area contributed by atoms with E-state index in [0.717, 1.165) is 24.8 Å². The fraction of sp³-hybridized carbons (Fsp3) is 0.571. The van der Waals surface area contributed by atoms with Gasteiger partial charge in [0, 0.05) is 12.1 Å². The molecule has 0 N–H and O–H groups in total. The lowest BCUT2D eigenvalue weighted by Gasteiger charge is -2.07. The van der Waals surface area contributed by atoms with Crippen LogP contribution in [0.15, 0.2) is 29.2 Å². The predicted octanol–water partition coefficient (Wildman–Crippen LogP) is 2.95. The van der Waals surface area contributed by atoms with Crippen LogP contribution < -0.4 is 0 Å². The molecule has 0 radical (unpaired) electrons. The molecule has 1 saturated heterocycles. The van der Waals surface area contributed by atoms with Crippen molar-refractivity contribution in [1.29, 1.82) is 0 Å². The van der Waals surface area contributed by atoms with E-state index in [1.807, 2.05) is 19.1 Å². The highest BCUT2D eigenvalue weighted by molar-refractivity contribution is 7.89. The highest BCUT2D eigenvalue weighted by atomic mass is 32.2. The summed E-state index contributed by atoms with van der Waals surface area (Å²) in [6.45, 7) is 6.11. The van der Waals surface area contributed by atoms with Crippen LogP contribution in [0, 0.1) is 6.92 Å². The maximum absolute atomic E-state index is 12.5. The van der Waals surface area contributed by atoms with Crippen LogP contribution in [0.2, 0.25) is 0 Å². The van der Waals surface area contributed by atoms with Crippen molar-refractivity contribution in [3.8, 4) is 0 Å². The zero-order valence-corrected chi connectivity index (χ0v) is 12.1. The van der Waals surface area contributed by atoms with Crippen molar-refractivity contribution >= 4 is 10.0 Å². The molecule has 0 spiro atoms. The van der Waals surface area contributed by atoms with E-state index in [1.165, 1.54) is 0 Å². The summed E-state index contributed by atoms with van der Waals surface area (Å²) in [6, 6.07) is 7.54. The highest BCUT2D eigenvalue weighted by Crippen LogP contribution is 2.40. The maximum atomic E-state index is 12.5. The first kappa shape index (κ1) is 13.6. The van der Waals surface area contributed by atoms with E-state index >= 15 is 0 Å². The third kappa shape index (κ3) is 2.31. The predicted molar refractivity (Wildman–Crippen MR) is 73.0 cm³/mol. The summed E-state index contributed by atoms with van der Waals surface area (Å²) in [5.74, 6) is 0. The molecule has 1 aliphatic rings. The average Bonchev–Trinajstić information content (AvgIpc) is 3.04.